The van der Waals surface area contributed by atoms with E-state index in [2.05, 4.69) is 350 Å². The first-order chi connectivity index (χ1) is 65.1. The number of nitrogens with zero attached hydrogens (tertiary/aromatic N) is 4. The minimum Gasteiger partial charge on any atom is -0.744 e. The Morgan fingerprint density at radius 2 is 0.609 bits per heavy atom. The predicted octanol–water partition coefficient (Wildman–Crippen LogP) is 24.5. The fourth-order valence-electron chi connectivity index (χ4n) is 19.7. The predicted molar refractivity (Wildman–Crippen MR) is 581 cm³/mol. The van der Waals surface area contributed by atoms with Gasteiger partial charge in [0.2, 0.25) is 11.4 Å². The largest absolute Gasteiger partial charge is 0.744 e. The van der Waals surface area contributed by atoms with Crippen molar-refractivity contribution in [1.82, 2.24) is 0 Å². The molecule has 0 atom stereocenters. The number of carbonyl (C=O) groups is 2. The van der Waals surface area contributed by atoms with Gasteiger partial charge >= 0.3 is 0 Å². The van der Waals surface area contributed by atoms with E-state index in [1.807, 2.05) is 0 Å². The minimum atomic E-state index is -4.82. The summed E-state index contributed by atoms with van der Waals surface area (Å²) in [6.07, 6.45) is 9.26. The first-order valence-corrected chi connectivity index (χ1v) is 52.7. The highest BCUT2D eigenvalue weighted by atomic mass is 32.2. The summed E-state index contributed by atoms with van der Waals surface area (Å²) in [5.41, 5.74) is 29.4. The van der Waals surface area contributed by atoms with E-state index in [4.69, 9.17) is 0 Å². The van der Waals surface area contributed by atoms with Crippen molar-refractivity contribution in [2.75, 3.05) is 95.7 Å². The maximum absolute atomic E-state index is 14.0. The average molecular weight is 1900 g/mol. The third-order valence-electron chi connectivity index (χ3n) is 25.1. The number of allylic oxidation sites excluding steroid dienone is 6. The Kier molecular flexibility index (Phi) is 36.0. The summed E-state index contributed by atoms with van der Waals surface area (Å²) in [5, 5.41) is 6.27. The molecular weight excluding hydrogens is 1750 g/mol. The zero-order chi connectivity index (χ0) is 101. The summed E-state index contributed by atoms with van der Waals surface area (Å²) < 4.78 is 70.6. The van der Waals surface area contributed by atoms with Crippen LogP contribution in [-0.2, 0) is 20.2 Å². The van der Waals surface area contributed by atoms with Gasteiger partial charge in [-0.3, -0.25) is 14.1 Å². The number of anilines is 8. The van der Waals surface area contributed by atoms with E-state index in [1.54, 1.807) is 69.3 Å². The molecule has 0 aromatic heterocycles. The smallest absolute Gasteiger partial charge is 0.295 e. The van der Waals surface area contributed by atoms with Gasteiger partial charge < -0.3 is 34.8 Å². The molecule has 16 nitrogen and oxygen atoms in total. The number of ketones is 2. The molecule has 0 aliphatic heterocycles. The molecule has 3 aliphatic rings. The molecule has 0 amide bonds. The molecule has 0 radical (unpaired) electrons. The molecule has 0 fully saturated rings. The SMILES string of the molecule is Cc1cc(C)c(S(=O)(=O)[O-])c(C)c1Nc1ccc(Nc2c(C)cc(C)c(S(=O)(=O)O)c2C)c2c1C(=O)c1ccccc1C2=O.Cc1cc(N(CC(C)C)CC(C)C)ccc1C(=C1C=CC(=[NH+]CC(C)C)c2ccccc21)c1ccc(N(CC(C)C)CC(C)C)cc1.Cc1cc(N(CC(C)C)CC(C)C)ccc1C(=C1C=CC(=[NH+]CC(C)C)c2ccccc21)c1ccc(N(CC(C)C)CC(C)C)cc1. The van der Waals surface area contributed by atoms with Gasteiger partial charge in [0, 0.05) is 122 Å². The van der Waals surface area contributed by atoms with E-state index in [1.165, 1.54) is 133 Å². The fourth-order valence-corrected chi connectivity index (χ4v) is 21.6. The molecule has 18 heteroatoms. The van der Waals surface area contributed by atoms with Crippen LogP contribution in [0.3, 0.4) is 0 Å². The van der Waals surface area contributed by atoms with Gasteiger partial charge in [0.25, 0.3) is 10.1 Å². The van der Waals surface area contributed by atoms with E-state index in [0.29, 0.717) is 87.2 Å². The number of carbonyl (C=O) groups excluding carboxylic acids is 2. The molecule has 10 aromatic rings. The van der Waals surface area contributed by atoms with E-state index in [-0.39, 0.29) is 60.1 Å². The van der Waals surface area contributed by atoms with Crippen LogP contribution in [-0.4, -0.2) is 114 Å². The van der Waals surface area contributed by atoms with E-state index >= 15 is 0 Å². The molecule has 0 heterocycles. The summed E-state index contributed by atoms with van der Waals surface area (Å²) in [5.74, 6) is 5.09. The van der Waals surface area contributed by atoms with Crippen molar-refractivity contribution in [3.8, 4) is 0 Å². The molecule has 0 spiro atoms. The molecule has 0 bridgehead atoms. The van der Waals surface area contributed by atoms with Crippen LogP contribution >= 0.6 is 0 Å². The van der Waals surface area contributed by atoms with Crippen LogP contribution in [0.5, 0.6) is 0 Å². The number of benzene rings is 10. The Morgan fingerprint density at radius 3 is 0.899 bits per heavy atom. The van der Waals surface area contributed by atoms with Gasteiger partial charge in [-0.2, -0.15) is 8.42 Å². The lowest BCUT2D eigenvalue weighted by Gasteiger charge is -2.30. The van der Waals surface area contributed by atoms with Crippen LogP contribution in [0, 0.1) is 115 Å². The second kappa shape index (κ2) is 46.5. The molecule has 0 saturated carbocycles. The lowest BCUT2D eigenvalue weighted by atomic mass is 9.82. The highest BCUT2D eigenvalue weighted by Gasteiger charge is 2.37. The highest BCUT2D eigenvalue weighted by molar-refractivity contribution is 7.86. The van der Waals surface area contributed by atoms with Crippen molar-refractivity contribution in [2.45, 2.75) is 204 Å². The summed E-state index contributed by atoms with van der Waals surface area (Å²) in [4.78, 5) is 45.1. The monoisotopic (exact) mass is 1900 g/mol. The van der Waals surface area contributed by atoms with Gasteiger partial charge in [0.05, 0.1) is 38.5 Å². The Morgan fingerprint density at radius 1 is 0.326 bits per heavy atom. The molecule has 732 valence electrons. The zero-order valence-corrected chi connectivity index (χ0v) is 89.0. The third kappa shape index (κ3) is 26.3. The highest BCUT2D eigenvalue weighted by Crippen LogP contribution is 2.46. The van der Waals surface area contributed by atoms with Crippen LogP contribution in [0.1, 0.15) is 259 Å². The molecule has 138 heavy (non-hydrogen) atoms. The van der Waals surface area contributed by atoms with Crippen molar-refractivity contribution in [3.63, 3.8) is 0 Å². The second-order valence-corrected chi connectivity index (χ2v) is 45.2. The lowest BCUT2D eigenvalue weighted by Crippen LogP contribution is -2.74. The average Bonchev–Trinajstić information content (AvgIpc) is 0.733. The quantitative estimate of drug-likeness (QED) is 0.0238. The van der Waals surface area contributed by atoms with E-state index in [9.17, 15) is 35.5 Å². The van der Waals surface area contributed by atoms with Crippen LogP contribution < -0.4 is 40.2 Å². The van der Waals surface area contributed by atoms with Crippen LogP contribution in [0.2, 0.25) is 0 Å². The Labute approximate surface area is 827 Å². The summed E-state index contributed by atoms with van der Waals surface area (Å²) in [7, 11) is -9.40. The normalized spacial score (nSPS) is 14.4. The van der Waals surface area contributed by atoms with Gasteiger partial charge in [-0.1, -0.05) is 248 Å². The maximum Gasteiger partial charge on any atom is 0.295 e. The first-order valence-electron chi connectivity index (χ1n) is 49.8. The van der Waals surface area contributed by atoms with Gasteiger partial charge in [-0.25, -0.2) is 18.4 Å². The summed E-state index contributed by atoms with van der Waals surface area (Å²) in [6.45, 7) is 70.7. The van der Waals surface area contributed by atoms with Crippen molar-refractivity contribution in [3.05, 3.63) is 318 Å². The number of hydrogen-bond donors (Lipinski definition) is 5. The Hall–Kier alpha value is -11.5. The van der Waals surface area contributed by atoms with Crippen LogP contribution in [0.15, 0.2) is 216 Å². The molecule has 3 aliphatic carbocycles. The first kappa shape index (κ1) is 107. The van der Waals surface area contributed by atoms with Gasteiger partial charge in [-0.05, 0) is 288 Å². The number of hydrogen-bond acceptors (Lipinski definition) is 13. The number of nitrogens with one attached hydrogen (secondary N) is 4. The molecule has 5 N–H and O–H groups in total. The fraction of sp³-hybridized carbons (Fsp3) is 0.400. The molecule has 10 aromatic carbocycles. The Balaban J connectivity index is 0.000000199. The molecule has 0 unspecified atom stereocenters. The van der Waals surface area contributed by atoms with Gasteiger partial charge in [0.15, 0.2) is 11.6 Å². The van der Waals surface area contributed by atoms with Crippen LogP contribution in [0.4, 0.5) is 45.5 Å². The van der Waals surface area contributed by atoms with Crippen LogP contribution in [0.25, 0.3) is 22.3 Å². The van der Waals surface area contributed by atoms with Crippen molar-refractivity contribution >= 4 is 111 Å². The zero-order valence-electron chi connectivity index (χ0n) is 87.4. The standard InChI is InChI=1S/2C44H61N3.C32H30N2O8S2/c2*1-30(2)25-45-43-23-22-42(40-14-12-13-15-41(40)43)44(36-16-18-37(19-17-36)46(26-31(3)4)27-32(5)6)39-21-20-38(24-35(39)11)47(28-33(7)8)29-34(9)10;1-15-13-17(3)31(43(37,38)39)19(5)27(15)33-23-11-12-24(26-25(23)29(35)21-9-7-8-10-22(21)30(26)36)34-28-16(2)14-18(4)32(20(28)6)44(40,41)42/h2*12-24,30-34H,25-29H2,1-11H3;7-14,33-34H,1-6H3,(H,37,38,39)(H,40,41,42)/p+1. The molecule has 13 rings (SSSR count). The van der Waals surface area contributed by atoms with E-state index < -0.39 is 31.8 Å². The molecular formula is C120H153N8O8S2+. The maximum atomic E-state index is 14.0. The molecule has 0 saturated heterocycles. The van der Waals surface area contributed by atoms with E-state index in [0.717, 1.165) is 65.4 Å². The third-order valence-corrected chi connectivity index (χ3v) is 27.4. The number of fused-ring (bicyclic) bond motifs is 4. The number of rotatable bonds is 34. The minimum absolute atomic E-state index is 0.0158. The van der Waals surface area contributed by atoms with Gasteiger partial charge in [-0.15, -0.1) is 0 Å². The van der Waals surface area contributed by atoms with Crippen molar-refractivity contribution in [1.29, 1.82) is 0 Å². The second-order valence-electron chi connectivity index (χ2n) is 42.5. The summed E-state index contributed by atoms with van der Waals surface area (Å²) in [6, 6.07) is 63.5. The summed E-state index contributed by atoms with van der Waals surface area (Å²) >= 11 is 0. The Bertz CT molecular complexity index is 6090. The van der Waals surface area contributed by atoms with Crippen molar-refractivity contribution < 1.29 is 45.5 Å². The lowest BCUT2D eigenvalue weighted by molar-refractivity contribution is -0.463. The number of aryl methyl sites for hydroxylation is 6. The van der Waals surface area contributed by atoms with Gasteiger partial charge in [0.1, 0.15) is 28.1 Å². The van der Waals surface area contributed by atoms with Crippen molar-refractivity contribution in [2.24, 2.45) is 59.2 Å². The topological polar surface area (TPSA) is 211 Å².